The Hall–Kier alpha value is -1.43. The average molecular weight is 513 g/mol. The topological polar surface area (TPSA) is 78.9 Å². The van der Waals surface area contributed by atoms with Crippen molar-refractivity contribution in [1.82, 2.24) is 0 Å². The van der Waals surface area contributed by atoms with Crippen LogP contribution >= 0.6 is 0 Å². The van der Waals surface area contributed by atoms with Crippen LogP contribution in [0.4, 0.5) is 0 Å². The fraction of sp³-hybridized carbons (Fsp3) is 0.903. The highest BCUT2D eigenvalue weighted by atomic mass is 16.6. The lowest BCUT2D eigenvalue weighted by atomic mass is 9.50. The molecule has 37 heavy (non-hydrogen) atoms. The molecule has 6 saturated carbocycles. The van der Waals surface area contributed by atoms with Gasteiger partial charge in [0.25, 0.3) is 0 Å². The second-order valence-corrected chi connectivity index (χ2v) is 15.1. The first-order chi connectivity index (χ1) is 17.5. The number of hydrogen-bond acceptors (Lipinski definition) is 6. The molecule has 6 aliphatic carbocycles. The van der Waals surface area contributed by atoms with Crippen molar-refractivity contribution in [2.24, 2.45) is 64.6 Å². The minimum atomic E-state index is -0.892. The van der Waals surface area contributed by atoms with Gasteiger partial charge < -0.3 is 14.2 Å². The van der Waals surface area contributed by atoms with E-state index in [1.54, 1.807) is 0 Å². The van der Waals surface area contributed by atoms with Gasteiger partial charge in [0.1, 0.15) is 5.60 Å². The van der Waals surface area contributed by atoms with E-state index in [4.69, 9.17) is 14.2 Å². The molecule has 0 spiro atoms. The van der Waals surface area contributed by atoms with Crippen molar-refractivity contribution in [2.45, 2.75) is 110 Å². The number of rotatable bonds is 5. The second kappa shape index (κ2) is 8.29. The Morgan fingerprint density at radius 1 is 0.919 bits per heavy atom. The highest BCUT2D eigenvalue weighted by Crippen LogP contribution is 2.60. The number of carbonyl (C=O) groups excluding carboxylic acids is 3. The van der Waals surface area contributed by atoms with Crippen LogP contribution in [0.1, 0.15) is 91.9 Å². The highest BCUT2D eigenvalue weighted by molar-refractivity contribution is 5.97. The van der Waals surface area contributed by atoms with Gasteiger partial charge in [0, 0.05) is 0 Å². The Labute approximate surface area is 220 Å². The molecule has 0 aromatic rings. The summed E-state index contributed by atoms with van der Waals surface area (Å²) in [6.45, 7) is 8.07. The van der Waals surface area contributed by atoms with Crippen LogP contribution in [-0.4, -0.2) is 35.7 Å². The first-order valence-electron chi connectivity index (χ1n) is 15.2. The van der Waals surface area contributed by atoms with Gasteiger partial charge in [-0.15, -0.1) is 0 Å². The lowest BCUT2D eigenvalue weighted by Crippen LogP contribution is -2.58. The zero-order chi connectivity index (χ0) is 25.9. The molecule has 0 radical (unpaired) electrons. The molecule has 0 amide bonds. The molecule has 204 valence electrons. The average Bonchev–Trinajstić information content (AvgIpc) is 3.51. The van der Waals surface area contributed by atoms with Gasteiger partial charge in [-0.2, -0.15) is 0 Å². The molecule has 6 nitrogen and oxygen atoms in total. The van der Waals surface area contributed by atoms with Crippen molar-refractivity contribution in [3.05, 3.63) is 0 Å². The normalized spacial score (nSPS) is 51.9. The van der Waals surface area contributed by atoms with Crippen LogP contribution in [0.25, 0.3) is 0 Å². The van der Waals surface area contributed by atoms with E-state index in [-0.39, 0.29) is 30.5 Å². The summed E-state index contributed by atoms with van der Waals surface area (Å²) in [5.74, 6) is 2.11. The Morgan fingerprint density at radius 2 is 1.57 bits per heavy atom. The molecule has 6 heteroatoms. The SMILES string of the molecule is CC1CC2C3CCC(C3)C2OC1C1C(=O)OC(=O)C1CC(C)(C)C(=O)OC1(C)C2CC3CC(C2)CC1C3. The fourth-order valence-corrected chi connectivity index (χ4v) is 10.6. The van der Waals surface area contributed by atoms with Gasteiger partial charge in [-0.05, 0) is 132 Å². The standard InChI is InChI=1S/C31H44O6/c1-15-7-22-18-5-6-19(13-18)26(22)35-25(15)24-23(27(32)36-28(24)33)14-30(2,3)29(34)37-31(4)20-9-16-8-17(11-20)12-21(31)10-16/h15-26H,5-14H2,1-4H3. The van der Waals surface area contributed by atoms with Crippen LogP contribution in [0.3, 0.4) is 0 Å². The number of hydrogen-bond donors (Lipinski definition) is 0. The van der Waals surface area contributed by atoms with Crippen LogP contribution in [0.2, 0.25) is 0 Å². The Morgan fingerprint density at radius 3 is 2.24 bits per heavy atom. The maximum atomic E-state index is 13.7. The lowest BCUT2D eigenvalue weighted by molar-refractivity contribution is -0.212. The van der Waals surface area contributed by atoms with Crippen molar-refractivity contribution in [3.8, 4) is 0 Å². The molecule has 8 unspecified atom stereocenters. The van der Waals surface area contributed by atoms with E-state index in [1.807, 2.05) is 13.8 Å². The maximum Gasteiger partial charge on any atom is 0.320 e. The van der Waals surface area contributed by atoms with E-state index >= 15 is 0 Å². The summed E-state index contributed by atoms with van der Waals surface area (Å²) in [5, 5.41) is 0. The lowest BCUT2D eigenvalue weighted by Gasteiger charge is -2.59. The molecule has 2 heterocycles. The largest absolute Gasteiger partial charge is 0.458 e. The zero-order valence-corrected chi connectivity index (χ0v) is 22.9. The first-order valence-corrected chi connectivity index (χ1v) is 15.2. The van der Waals surface area contributed by atoms with Crippen LogP contribution in [-0.2, 0) is 28.6 Å². The van der Waals surface area contributed by atoms with Crippen molar-refractivity contribution in [1.29, 1.82) is 0 Å². The predicted octanol–water partition coefficient (Wildman–Crippen LogP) is 5.32. The van der Waals surface area contributed by atoms with Crippen molar-refractivity contribution in [3.63, 3.8) is 0 Å². The molecule has 8 aliphatic rings. The summed E-state index contributed by atoms with van der Waals surface area (Å²) in [6.07, 6.45) is 11.0. The maximum absolute atomic E-state index is 13.7. The summed E-state index contributed by atoms with van der Waals surface area (Å²) in [5.41, 5.74) is -1.30. The fourth-order valence-electron chi connectivity index (χ4n) is 10.6. The van der Waals surface area contributed by atoms with Gasteiger partial charge in [-0.25, -0.2) is 0 Å². The zero-order valence-electron chi connectivity index (χ0n) is 22.9. The van der Waals surface area contributed by atoms with Crippen molar-refractivity contribution in [2.75, 3.05) is 0 Å². The van der Waals surface area contributed by atoms with Crippen LogP contribution < -0.4 is 0 Å². The third kappa shape index (κ3) is 3.70. The molecule has 2 aliphatic heterocycles. The molecule has 8 fully saturated rings. The number of esters is 3. The van der Waals surface area contributed by atoms with E-state index < -0.39 is 34.8 Å². The van der Waals surface area contributed by atoms with Gasteiger partial charge in [-0.3, -0.25) is 14.4 Å². The summed E-state index contributed by atoms with van der Waals surface area (Å²) >= 11 is 0. The van der Waals surface area contributed by atoms with Crippen LogP contribution in [0.15, 0.2) is 0 Å². The number of ether oxygens (including phenoxy) is 3. The van der Waals surface area contributed by atoms with Gasteiger partial charge in [-0.1, -0.05) is 6.92 Å². The Balaban J connectivity index is 1.08. The quantitative estimate of drug-likeness (QED) is 0.367. The molecule has 8 rings (SSSR count). The Kier molecular flexibility index (Phi) is 5.51. The molecule has 2 saturated heterocycles. The first kappa shape index (κ1) is 24.6. The summed E-state index contributed by atoms with van der Waals surface area (Å²) < 4.78 is 18.4. The summed E-state index contributed by atoms with van der Waals surface area (Å²) in [4.78, 5) is 39.8. The molecule has 0 N–H and O–H groups in total. The second-order valence-electron chi connectivity index (χ2n) is 15.1. The predicted molar refractivity (Wildman–Crippen MR) is 135 cm³/mol. The Bertz CT molecular complexity index is 972. The monoisotopic (exact) mass is 512 g/mol. The number of cyclic esters (lactones) is 2. The van der Waals surface area contributed by atoms with Crippen molar-refractivity contribution < 1.29 is 28.6 Å². The molecule has 8 atom stereocenters. The van der Waals surface area contributed by atoms with Crippen LogP contribution in [0.5, 0.6) is 0 Å². The van der Waals surface area contributed by atoms with Gasteiger partial charge in [0.2, 0.25) is 0 Å². The molecule has 0 aromatic heterocycles. The minimum absolute atomic E-state index is 0.188. The third-order valence-corrected chi connectivity index (χ3v) is 12.4. The number of fused-ring (bicyclic) bond motifs is 5. The van der Waals surface area contributed by atoms with E-state index in [9.17, 15) is 14.4 Å². The molecule has 0 aromatic carbocycles. The summed E-state index contributed by atoms with van der Waals surface area (Å²) in [6, 6.07) is 0. The highest BCUT2D eigenvalue weighted by Gasteiger charge is 2.60. The van der Waals surface area contributed by atoms with E-state index in [0.29, 0.717) is 23.7 Å². The van der Waals surface area contributed by atoms with Gasteiger partial charge >= 0.3 is 17.9 Å². The molecule has 6 bridgehead atoms. The third-order valence-electron chi connectivity index (χ3n) is 12.4. The molecular formula is C31H44O6. The van der Waals surface area contributed by atoms with Gasteiger partial charge in [0.15, 0.2) is 0 Å². The van der Waals surface area contributed by atoms with Crippen LogP contribution in [0, 0.1) is 64.6 Å². The molecular weight excluding hydrogens is 468 g/mol. The van der Waals surface area contributed by atoms with Gasteiger partial charge in [0.05, 0.1) is 29.5 Å². The minimum Gasteiger partial charge on any atom is -0.458 e. The van der Waals surface area contributed by atoms with E-state index in [2.05, 4.69) is 13.8 Å². The van der Waals surface area contributed by atoms with Crippen molar-refractivity contribution >= 4 is 17.9 Å². The number of carbonyl (C=O) groups is 3. The van der Waals surface area contributed by atoms with E-state index in [1.165, 1.54) is 51.4 Å². The smallest absolute Gasteiger partial charge is 0.320 e. The summed E-state index contributed by atoms with van der Waals surface area (Å²) in [7, 11) is 0. The van der Waals surface area contributed by atoms with E-state index in [0.717, 1.165) is 24.2 Å².